The predicted octanol–water partition coefficient (Wildman–Crippen LogP) is 4.44. The molecule has 0 saturated carbocycles. The Morgan fingerprint density at radius 3 is 2.47 bits per heavy atom. The lowest BCUT2D eigenvalue weighted by atomic mass is 10.1. The van der Waals surface area contributed by atoms with Gasteiger partial charge in [0.1, 0.15) is 5.75 Å². The van der Waals surface area contributed by atoms with Gasteiger partial charge in [0.05, 0.1) is 6.61 Å². The maximum atomic E-state index is 5.90. The van der Waals surface area contributed by atoms with Gasteiger partial charge in [-0.3, -0.25) is 0 Å². The molecule has 0 aliphatic carbocycles. The van der Waals surface area contributed by atoms with Gasteiger partial charge in [-0.2, -0.15) is 0 Å². The van der Waals surface area contributed by atoms with E-state index in [4.69, 9.17) is 10.5 Å². The first-order chi connectivity index (χ1) is 9.08. The number of nitrogens with two attached hydrogens (primary N) is 1. The Morgan fingerprint density at radius 1 is 1.00 bits per heavy atom. The predicted molar refractivity (Wildman–Crippen MR) is 82.1 cm³/mol. The molecule has 0 aromatic heterocycles. The fourth-order valence-corrected chi connectivity index (χ4v) is 2.83. The van der Waals surface area contributed by atoms with E-state index >= 15 is 0 Å². The van der Waals surface area contributed by atoms with Gasteiger partial charge in [-0.25, -0.2) is 0 Å². The van der Waals surface area contributed by atoms with Gasteiger partial charge < -0.3 is 10.5 Å². The molecule has 19 heavy (non-hydrogen) atoms. The maximum absolute atomic E-state index is 5.90. The first kappa shape index (κ1) is 13.8. The van der Waals surface area contributed by atoms with Crippen LogP contribution in [0.1, 0.15) is 18.1 Å². The maximum Gasteiger partial charge on any atom is 0.122 e. The molecular weight excluding hydrogens is 254 g/mol. The third-order valence-electron chi connectivity index (χ3n) is 2.93. The minimum Gasteiger partial charge on any atom is -0.494 e. The normalized spacial score (nSPS) is 10.5. The Labute approximate surface area is 119 Å². The van der Waals surface area contributed by atoms with E-state index in [-0.39, 0.29) is 0 Å². The molecule has 2 rings (SSSR count). The van der Waals surface area contributed by atoms with E-state index in [9.17, 15) is 0 Å². The molecule has 2 aromatic rings. The number of hydrogen-bond donors (Lipinski definition) is 1. The summed E-state index contributed by atoms with van der Waals surface area (Å²) in [5.74, 6) is 0.828. The van der Waals surface area contributed by atoms with Crippen LogP contribution >= 0.6 is 11.8 Å². The molecule has 0 bridgehead atoms. The summed E-state index contributed by atoms with van der Waals surface area (Å²) < 4.78 is 5.51. The molecule has 0 radical (unpaired) electrons. The Balaban J connectivity index is 2.24. The monoisotopic (exact) mass is 273 g/mol. The van der Waals surface area contributed by atoms with Crippen LogP contribution in [0.15, 0.2) is 46.2 Å². The molecule has 2 aromatic carbocycles. The number of ether oxygens (including phenoxy) is 1. The van der Waals surface area contributed by atoms with Crippen LogP contribution in [0.2, 0.25) is 0 Å². The van der Waals surface area contributed by atoms with Crippen LogP contribution in [0.4, 0.5) is 5.69 Å². The number of rotatable bonds is 4. The molecule has 0 spiro atoms. The summed E-state index contributed by atoms with van der Waals surface area (Å²) >= 11 is 1.70. The van der Waals surface area contributed by atoms with Crippen LogP contribution in [0.25, 0.3) is 0 Å². The van der Waals surface area contributed by atoms with Gasteiger partial charge in [0.15, 0.2) is 0 Å². The molecule has 2 nitrogen and oxygen atoms in total. The second-order valence-electron chi connectivity index (χ2n) is 4.52. The number of aryl methyl sites for hydroxylation is 2. The van der Waals surface area contributed by atoms with Crippen LogP contribution in [0, 0.1) is 13.8 Å². The van der Waals surface area contributed by atoms with Gasteiger partial charge in [-0.05, 0) is 56.2 Å². The van der Waals surface area contributed by atoms with Gasteiger partial charge in [-0.15, -0.1) is 0 Å². The Kier molecular flexibility index (Phi) is 4.38. The van der Waals surface area contributed by atoms with Crippen LogP contribution in [0.3, 0.4) is 0 Å². The highest BCUT2D eigenvalue weighted by molar-refractivity contribution is 7.99. The van der Waals surface area contributed by atoms with Crippen LogP contribution in [-0.4, -0.2) is 6.61 Å². The van der Waals surface area contributed by atoms with Crippen LogP contribution < -0.4 is 10.5 Å². The lowest BCUT2D eigenvalue weighted by Gasteiger charge is -2.09. The highest BCUT2D eigenvalue weighted by Gasteiger charge is 2.03. The van der Waals surface area contributed by atoms with Gasteiger partial charge in [0.2, 0.25) is 0 Å². The minimum atomic E-state index is 0.650. The van der Waals surface area contributed by atoms with E-state index in [0.29, 0.717) is 6.61 Å². The summed E-state index contributed by atoms with van der Waals surface area (Å²) in [5.41, 5.74) is 9.25. The molecule has 0 unspecified atom stereocenters. The van der Waals surface area contributed by atoms with Gasteiger partial charge in [-0.1, -0.05) is 17.8 Å². The molecule has 0 aliphatic heterocycles. The van der Waals surface area contributed by atoms with Gasteiger partial charge >= 0.3 is 0 Å². The zero-order valence-electron chi connectivity index (χ0n) is 11.6. The smallest absolute Gasteiger partial charge is 0.122 e. The van der Waals surface area contributed by atoms with Crippen molar-refractivity contribution in [1.29, 1.82) is 0 Å². The molecule has 0 atom stereocenters. The first-order valence-corrected chi connectivity index (χ1v) is 7.18. The summed E-state index contributed by atoms with van der Waals surface area (Å²) in [6.45, 7) is 6.87. The lowest BCUT2D eigenvalue weighted by molar-refractivity contribution is 0.339. The van der Waals surface area contributed by atoms with Crippen molar-refractivity contribution in [3.8, 4) is 5.75 Å². The van der Waals surface area contributed by atoms with Crippen molar-refractivity contribution >= 4 is 17.4 Å². The molecule has 0 aliphatic rings. The summed E-state index contributed by atoms with van der Waals surface area (Å²) in [6.07, 6.45) is 0. The Morgan fingerprint density at radius 2 is 1.79 bits per heavy atom. The topological polar surface area (TPSA) is 35.2 Å². The van der Waals surface area contributed by atoms with Gasteiger partial charge in [0.25, 0.3) is 0 Å². The zero-order chi connectivity index (χ0) is 13.8. The summed E-state index contributed by atoms with van der Waals surface area (Å²) in [5, 5.41) is 0. The third kappa shape index (κ3) is 3.67. The molecule has 100 valence electrons. The second kappa shape index (κ2) is 6.02. The SMILES string of the molecule is CCOc1cc(N)cc(Sc2ccc(C)c(C)c2)c1. The Bertz CT molecular complexity index is 581. The zero-order valence-corrected chi connectivity index (χ0v) is 12.4. The quantitative estimate of drug-likeness (QED) is 0.837. The summed E-state index contributed by atoms with van der Waals surface area (Å²) in [4.78, 5) is 2.32. The molecule has 0 saturated heterocycles. The number of benzene rings is 2. The highest BCUT2D eigenvalue weighted by atomic mass is 32.2. The van der Waals surface area contributed by atoms with Crippen molar-refractivity contribution < 1.29 is 4.74 Å². The second-order valence-corrected chi connectivity index (χ2v) is 5.67. The van der Waals surface area contributed by atoms with Crippen molar-refractivity contribution in [2.45, 2.75) is 30.6 Å². The van der Waals surface area contributed by atoms with Crippen molar-refractivity contribution in [2.75, 3.05) is 12.3 Å². The first-order valence-electron chi connectivity index (χ1n) is 6.37. The fourth-order valence-electron chi connectivity index (χ4n) is 1.82. The average Bonchev–Trinajstić information content (AvgIpc) is 2.33. The van der Waals surface area contributed by atoms with E-state index in [2.05, 4.69) is 32.0 Å². The average molecular weight is 273 g/mol. The summed E-state index contributed by atoms with van der Waals surface area (Å²) in [7, 11) is 0. The van der Waals surface area contributed by atoms with E-state index in [1.165, 1.54) is 16.0 Å². The third-order valence-corrected chi connectivity index (χ3v) is 3.89. The van der Waals surface area contributed by atoms with Crippen LogP contribution in [-0.2, 0) is 0 Å². The fraction of sp³-hybridized carbons (Fsp3) is 0.250. The van der Waals surface area contributed by atoms with Crippen LogP contribution in [0.5, 0.6) is 5.75 Å². The molecule has 3 heteroatoms. The van der Waals surface area contributed by atoms with Crippen molar-refractivity contribution in [3.05, 3.63) is 47.5 Å². The minimum absolute atomic E-state index is 0.650. The van der Waals surface area contributed by atoms with E-state index < -0.39 is 0 Å². The van der Waals surface area contributed by atoms with E-state index in [0.717, 1.165) is 16.3 Å². The largest absolute Gasteiger partial charge is 0.494 e. The van der Waals surface area contributed by atoms with E-state index in [1.54, 1.807) is 11.8 Å². The molecule has 0 fully saturated rings. The molecule has 2 N–H and O–H groups in total. The number of nitrogen functional groups attached to an aromatic ring is 1. The van der Waals surface area contributed by atoms with E-state index in [1.807, 2.05) is 25.1 Å². The highest BCUT2D eigenvalue weighted by Crippen LogP contribution is 2.33. The van der Waals surface area contributed by atoms with Gasteiger partial charge in [0, 0.05) is 21.5 Å². The van der Waals surface area contributed by atoms with Crippen molar-refractivity contribution in [3.63, 3.8) is 0 Å². The molecular formula is C16H19NOS. The molecule has 0 amide bonds. The lowest BCUT2D eigenvalue weighted by Crippen LogP contribution is -1.93. The van der Waals surface area contributed by atoms with Crippen molar-refractivity contribution in [1.82, 2.24) is 0 Å². The number of hydrogen-bond acceptors (Lipinski definition) is 3. The summed E-state index contributed by atoms with van der Waals surface area (Å²) in [6, 6.07) is 12.3. The standard InChI is InChI=1S/C16H19NOS/c1-4-18-14-8-13(17)9-16(10-14)19-15-6-5-11(2)12(3)7-15/h5-10H,4,17H2,1-3H3. The molecule has 0 heterocycles. The van der Waals surface area contributed by atoms with Crippen molar-refractivity contribution in [2.24, 2.45) is 0 Å². The Hall–Kier alpha value is -1.61. The number of anilines is 1.